The third-order valence-electron chi connectivity index (χ3n) is 15.7. The van der Waals surface area contributed by atoms with Crippen LogP contribution in [0.3, 0.4) is 0 Å². The largest absolute Gasteiger partial charge is 0.463 e. The second-order valence-electron chi connectivity index (χ2n) is 19.0. The third-order valence-corrected chi connectivity index (χ3v) is 15.7. The van der Waals surface area contributed by atoms with Gasteiger partial charge in [-0.2, -0.15) is 0 Å². The summed E-state index contributed by atoms with van der Waals surface area (Å²) in [4.78, 5) is 12.4. The molecule has 0 radical (unpaired) electrons. The summed E-state index contributed by atoms with van der Waals surface area (Å²) >= 11 is 0. The lowest BCUT2D eigenvalue weighted by atomic mass is 9.47. The van der Waals surface area contributed by atoms with Crippen LogP contribution in [0.2, 0.25) is 0 Å². The molecule has 7 heteroatoms. The molecule has 14 atom stereocenters. The smallest absolute Gasteiger partial charge is 0.305 e. The molecule has 1 heterocycles. The van der Waals surface area contributed by atoms with Crippen LogP contribution in [0.1, 0.15) is 170 Å². The molecule has 1 aliphatic heterocycles. The first kappa shape index (κ1) is 42.2. The van der Waals surface area contributed by atoms with E-state index < -0.39 is 30.7 Å². The van der Waals surface area contributed by atoms with E-state index in [2.05, 4.69) is 54.5 Å². The first-order chi connectivity index (χ1) is 24.8. The van der Waals surface area contributed by atoms with Gasteiger partial charge in [0.15, 0.2) is 6.29 Å². The molecule has 0 spiro atoms. The molecule has 5 aliphatic rings. The molecule has 0 unspecified atom stereocenters. The highest BCUT2D eigenvalue weighted by Gasteiger charge is 2.59. The number of esters is 1. The lowest BCUT2D eigenvalue weighted by Gasteiger charge is -2.58. The fourth-order valence-corrected chi connectivity index (χ4v) is 12.2. The zero-order chi connectivity index (χ0) is 37.6. The predicted octanol–water partition coefficient (Wildman–Crippen LogP) is 9.54. The molecule has 52 heavy (non-hydrogen) atoms. The Bertz CT molecular complexity index is 1150. The normalized spacial score (nSPS) is 40.0. The van der Waals surface area contributed by atoms with E-state index >= 15 is 0 Å². The van der Waals surface area contributed by atoms with Crippen LogP contribution in [0.25, 0.3) is 0 Å². The number of unbranched alkanes of at least 4 members (excludes halogenated alkanes) is 6. The Morgan fingerprint density at radius 1 is 0.885 bits per heavy atom. The van der Waals surface area contributed by atoms with Gasteiger partial charge < -0.3 is 29.5 Å². The topological polar surface area (TPSA) is 105 Å². The summed E-state index contributed by atoms with van der Waals surface area (Å²) in [6.45, 7) is 16.9. The predicted molar refractivity (Wildman–Crippen MR) is 207 cm³/mol. The number of carbonyl (C=O) groups excluding carboxylic acids is 1. The van der Waals surface area contributed by atoms with E-state index in [1.54, 1.807) is 0 Å². The Morgan fingerprint density at radius 2 is 1.62 bits per heavy atom. The van der Waals surface area contributed by atoms with Crippen LogP contribution in [0.5, 0.6) is 0 Å². The molecule has 4 aliphatic carbocycles. The maximum absolute atomic E-state index is 12.4. The second-order valence-corrected chi connectivity index (χ2v) is 19.0. The molecule has 3 saturated carbocycles. The van der Waals surface area contributed by atoms with Gasteiger partial charge in [0.1, 0.15) is 31.0 Å². The van der Waals surface area contributed by atoms with Crippen LogP contribution in [0.15, 0.2) is 11.6 Å². The van der Waals surface area contributed by atoms with Crippen molar-refractivity contribution in [2.24, 2.45) is 52.3 Å². The molecule has 0 amide bonds. The van der Waals surface area contributed by atoms with Gasteiger partial charge >= 0.3 is 5.97 Å². The van der Waals surface area contributed by atoms with E-state index in [9.17, 15) is 20.1 Å². The zero-order valence-corrected chi connectivity index (χ0v) is 34.2. The number of ether oxygens (including phenoxy) is 3. The van der Waals surface area contributed by atoms with Crippen molar-refractivity contribution in [1.82, 2.24) is 0 Å². The van der Waals surface area contributed by atoms with Gasteiger partial charge in [-0.25, -0.2) is 0 Å². The Morgan fingerprint density at radius 3 is 2.33 bits per heavy atom. The van der Waals surface area contributed by atoms with Crippen molar-refractivity contribution >= 4 is 5.97 Å². The van der Waals surface area contributed by atoms with E-state index in [0.29, 0.717) is 17.8 Å². The van der Waals surface area contributed by atoms with Crippen LogP contribution < -0.4 is 0 Å². The summed E-state index contributed by atoms with van der Waals surface area (Å²) in [5, 5.41) is 32.3. The minimum Gasteiger partial charge on any atom is -0.463 e. The summed E-state index contributed by atoms with van der Waals surface area (Å²) in [5.74, 6) is 5.24. The summed E-state index contributed by atoms with van der Waals surface area (Å²) < 4.78 is 17.9. The van der Waals surface area contributed by atoms with Gasteiger partial charge in [-0.15, -0.1) is 0 Å². The Balaban J connectivity index is 1.13. The Kier molecular flexibility index (Phi) is 15.2. The van der Waals surface area contributed by atoms with Gasteiger partial charge in [0.25, 0.3) is 0 Å². The van der Waals surface area contributed by atoms with Crippen LogP contribution in [-0.4, -0.2) is 64.7 Å². The van der Waals surface area contributed by atoms with Crippen molar-refractivity contribution in [3.63, 3.8) is 0 Å². The van der Waals surface area contributed by atoms with Crippen molar-refractivity contribution < 1.29 is 34.3 Å². The van der Waals surface area contributed by atoms with E-state index in [-0.39, 0.29) is 24.1 Å². The van der Waals surface area contributed by atoms with Gasteiger partial charge in [0, 0.05) is 6.42 Å². The highest BCUT2D eigenvalue weighted by Crippen LogP contribution is 2.67. The average Bonchev–Trinajstić information content (AvgIpc) is 3.48. The molecule has 7 nitrogen and oxygen atoms in total. The molecule has 0 aromatic carbocycles. The van der Waals surface area contributed by atoms with E-state index in [0.717, 1.165) is 80.5 Å². The van der Waals surface area contributed by atoms with Gasteiger partial charge in [0.2, 0.25) is 0 Å². The number of fused-ring (bicyclic) bond motifs is 5. The Hall–Kier alpha value is -0.990. The molecular formula is C45H78O7. The fraction of sp³-hybridized carbons (Fsp3) is 0.933. The molecule has 5 rings (SSSR count). The number of allylic oxidation sites excluding steroid dienone is 1. The minimum atomic E-state index is -1.44. The molecule has 0 aromatic heterocycles. The summed E-state index contributed by atoms with van der Waals surface area (Å²) in [5.41, 5.74) is 2.13. The fourth-order valence-electron chi connectivity index (χ4n) is 12.2. The van der Waals surface area contributed by atoms with Crippen LogP contribution in [-0.2, 0) is 19.0 Å². The first-order valence-electron chi connectivity index (χ1n) is 22.0. The lowest BCUT2D eigenvalue weighted by Crippen LogP contribution is -2.60. The number of aliphatic hydroxyl groups excluding tert-OH is 3. The van der Waals surface area contributed by atoms with Crippen molar-refractivity contribution in [2.75, 3.05) is 6.61 Å². The van der Waals surface area contributed by atoms with Gasteiger partial charge in [-0.05, 0) is 116 Å². The number of hydrogen-bond acceptors (Lipinski definition) is 7. The maximum Gasteiger partial charge on any atom is 0.305 e. The van der Waals surface area contributed by atoms with Crippen LogP contribution >= 0.6 is 0 Å². The minimum absolute atomic E-state index is 0.137. The molecule has 1 saturated heterocycles. The SMILES string of the molecule is CCCCCCCCCC(=O)OC[C@H]1O[C@@H](O[C@H]2CC[C@@]3(C)C(=CC[C@H]4[C@@H]5CC[C@H]([C@H](C)CC[C@@H](CC)C(C)C)[C@@]5(C)CC[C@@H]43)C2)[C@H](O)[C@@H](O)[C@@H]1O. The van der Waals surface area contributed by atoms with E-state index in [1.165, 1.54) is 76.2 Å². The van der Waals surface area contributed by atoms with Gasteiger partial charge in [-0.3, -0.25) is 4.79 Å². The number of rotatable bonds is 18. The zero-order valence-electron chi connectivity index (χ0n) is 34.2. The van der Waals surface area contributed by atoms with E-state index in [1.807, 2.05) is 0 Å². The molecule has 300 valence electrons. The number of aliphatic hydroxyl groups is 3. The second kappa shape index (κ2) is 18.8. The Labute approximate surface area is 317 Å². The first-order valence-corrected chi connectivity index (χ1v) is 22.0. The van der Waals surface area contributed by atoms with Crippen molar-refractivity contribution in [3.05, 3.63) is 11.6 Å². The summed E-state index contributed by atoms with van der Waals surface area (Å²) in [6, 6.07) is 0. The van der Waals surface area contributed by atoms with Crippen LogP contribution in [0, 0.1) is 52.3 Å². The standard InChI is InChI=1S/C45H78O7/c1-8-10-11-12-13-14-15-16-39(46)50-28-38-40(47)41(48)42(49)43(52-38)51-33-23-25-44(6)32(27-33)19-20-34-36-22-21-35(45(36,7)26-24-37(34)44)30(5)17-18-31(9-2)29(3)4/h19,29-31,33-38,40-43,47-49H,8-18,20-28H2,1-7H3/t30-,31-,33+,34+,35-,36+,37+,38-,40-,41+,42-,43-,44+,45-/m1/s1. The number of carbonyl (C=O) groups is 1. The third kappa shape index (κ3) is 9.33. The van der Waals surface area contributed by atoms with Crippen molar-refractivity contribution in [3.8, 4) is 0 Å². The quantitative estimate of drug-likeness (QED) is 0.0733. The van der Waals surface area contributed by atoms with Gasteiger partial charge in [0.05, 0.1) is 6.10 Å². The number of hydrogen-bond donors (Lipinski definition) is 3. The highest BCUT2D eigenvalue weighted by molar-refractivity contribution is 5.69. The molecule has 3 N–H and O–H groups in total. The highest BCUT2D eigenvalue weighted by atomic mass is 16.7. The van der Waals surface area contributed by atoms with Crippen LogP contribution in [0.4, 0.5) is 0 Å². The van der Waals surface area contributed by atoms with Gasteiger partial charge in [-0.1, -0.05) is 111 Å². The van der Waals surface area contributed by atoms with Crippen molar-refractivity contribution in [2.45, 2.75) is 207 Å². The van der Waals surface area contributed by atoms with Crippen molar-refractivity contribution in [1.29, 1.82) is 0 Å². The molecule has 0 bridgehead atoms. The molecular weight excluding hydrogens is 652 g/mol. The van der Waals surface area contributed by atoms with E-state index in [4.69, 9.17) is 14.2 Å². The summed E-state index contributed by atoms with van der Waals surface area (Å²) in [6.07, 6.45) is 17.7. The maximum atomic E-state index is 12.4. The molecule has 4 fully saturated rings. The molecule has 0 aromatic rings. The monoisotopic (exact) mass is 731 g/mol. The average molecular weight is 731 g/mol. The summed E-state index contributed by atoms with van der Waals surface area (Å²) in [7, 11) is 0. The lowest BCUT2D eigenvalue weighted by molar-refractivity contribution is -0.313.